The van der Waals surface area contributed by atoms with Crippen LogP contribution in [0.2, 0.25) is 0 Å². The monoisotopic (exact) mass is 317 g/mol. The summed E-state index contributed by atoms with van der Waals surface area (Å²) in [6.07, 6.45) is 0. The predicted octanol–water partition coefficient (Wildman–Crippen LogP) is 0.807. The van der Waals surface area contributed by atoms with Gasteiger partial charge >= 0.3 is 5.97 Å². The molecule has 1 N–H and O–H groups in total. The molecule has 7 nitrogen and oxygen atoms in total. The molecule has 0 amide bonds. The molecule has 0 radical (unpaired) electrons. The Kier molecular flexibility index (Phi) is 6.60. The highest BCUT2D eigenvalue weighted by molar-refractivity contribution is 7.89. The molecule has 0 saturated heterocycles. The van der Waals surface area contributed by atoms with E-state index >= 15 is 0 Å². The number of sulfonamides is 1. The lowest BCUT2D eigenvalue weighted by atomic mass is 10.3. The molecule has 0 atom stereocenters. The number of hydrogen-bond acceptors (Lipinski definition) is 5. The van der Waals surface area contributed by atoms with E-state index in [-0.39, 0.29) is 4.90 Å². The van der Waals surface area contributed by atoms with Gasteiger partial charge in [-0.2, -0.15) is 4.31 Å². The standard InChI is InChI=1S/C13H19NO6S/c1-3-19-8-9-20-11-4-6-12(7-5-11)21(17,18)14(2)10-13(15)16/h4-7H,3,8-10H2,1-2H3,(H,15,16). The quantitative estimate of drug-likeness (QED) is 0.677. The van der Waals surface area contributed by atoms with Crippen molar-refractivity contribution in [2.75, 3.05) is 33.4 Å². The first kappa shape index (κ1) is 17.4. The summed E-state index contributed by atoms with van der Waals surface area (Å²) in [5.41, 5.74) is 0. The molecule has 0 unspecified atom stereocenters. The van der Waals surface area contributed by atoms with Crippen molar-refractivity contribution in [1.29, 1.82) is 0 Å². The molecule has 21 heavy (non-hydrogen) atoms. The van der Waals surface area contributed by atoms with Crippen molar-refractivity contribution in [3.05, 3.63) is 24.3 Å². The van der Waals surface area contributed by atoms with E-state index in [0.717, 1.165) is 4.31 Å². The minimum atomic E-state index is -3.81. The lowest BCUT2D eigenvalue weighted by Gasteiger charge is -2.15. The first-order valence-electron chi connectivity index (χ1n) is 6.36. The second kappa shape index (κ2) is 7.96. The molecule has 0 aliphatic carbocycles. The first-order chi connectivity index (χ1) is 9.87. The van der Waals surface area contributed by atoms with Gasteiger partial charge in [-0.05, 0) is 31.2 Å². The Hall–Kier alpha value is -1.64. The lowest BCUT2D eigenvalue weighted by molar-refractivity contribution is -0.137. The van der Waals surface area contributed by atoms with Crippen LogP contribution < -0.4 is 4.74 Å². The molecule has 118 valence electrons. The fourth-order valence-electron chi connectivity index (χ4n) is 1.53. The summed E-state index contributed by atoms with van der Waals surface area (Å²) in [4.78, 5) is 10.6. The van der Waals surface area contributed by atoms with Crippen LogP contribution in [-0.4, -0.2) is 57.2 Å². The van der Waals surface area contributed by atoms with E-state index in [1.54, 1.807) is 0 Å². The van der Waals surface area contributed by atoms with Gasteiger partial charge in [0.15, 0.2) is 0 Å². The summed E-state index contributed by atoms with van der Waals surface area (Å²) in [7, 11) is -2.59. The second-order valence-electron chi connectivity index (χ2n) is 4.17. The summed E-state index contributed by atoms with van der Waals surface area (Å²) in [5.74, 6) is -0.688. The fourth-order valence-corrected chi connectivity index (χ4v) is 2.65. The lowest BCUT2D eigenvalue weighted by Crippen LogP contribution is -2.31. The van der Waals surface area contributed by atoms with Crippen LogP contribution in [0.25, 0.3) is 0 Å². The molecule has 0 saturated carbocycles. The maximum absolute atomic E-state index is 12.1. The summed E-state index contributed by atoms with van der Waals surface area (Å²) >= 11 is 0. The number of hydrogen-bond donors (Lipinski definition) is 1. The van der Waals surface area contributed by atoms with Crippen molar-refractivity contribution < 1.29 is 27.8 Å². The van der Waals surface area contributed by atoms with Gasteiger partial charge in [0.2, 0.25) is 10.0 Å². The molecule has 0 fully saturated rings. The van der Waals surface area contributed by atoms with Crippen molar-refractivity contribution in [2.45, 2.75) is 11.8 Å². The van der Waals surface area contributed by atoms with Gasteiger partial charge < -0.3 is 14.6 Å². The van der Waals surface area contributed by atoms with Crippen LogP contribution in [0.5, 0.6) is 5.75 Å². The number of ether oxygens (including phenoxy) is 2. The van der Waals surface area contributed by atoms with E-state index < -0.39 is 22.5 Å². The van der Waals surface area contributed by atoms with E-state index in [2.05, 4.69) is 0 Å². The highest BCUT2D eigenvalue weighted by atomic mass is 32.2. The molecule has 0 aliphatic heterocycles. The van der Waals surface area contributed by atoms with Crippen molar-refractivity contribution >= 4 is 16.0 Å². The smallest absolute Gasteiger partial charge is 0.318 e. The molecule has 0 heterocycles. The summed E-state index contributed by atoms with van der Waals surface area (Å²) < 4.78 is 35.4. The maximum Gasteiger partial charge on any atom is 0.318 e. The summed E-state index contributed by atoms with van der Waals surface area (Å²) in [5, 5.41) is 8.64. The molecule has 1 aromatic rings. The Labute approximate surface area is 124 Å². The Morgan fingerprint density at radius 3 is 2.38 bits per heavy atom. The van der Waals surface area contributed by atoms with Gasteiger partial charge in [0.1, 0.15) is 18.9 Å². The number of carboxylic acids is 1. The van der Waals surface area contributed by atoms with Gasteiger partial charge in [-0.1, -0.05) is 0 Å². The molecular formula is C13H19NO6S. The van der Waals surface area contributed by atoms with Crippen LogP contribution in [0.4, 0.5) is 0 Å². The zero-order chi connectivity index (χ0) is 15.9. The number of carboxylic acid groups (broad SMARTS) is 1. The molecule has 0 spiro atoms. The predicted molar refractivity (Wildman–Crippen MR) is 75.9 cm³/mol. The van der Waals surface area contributed by atoms with Crippen molar-refractivity contribution in [3.63, 3.8) is 0 Å². The average molecular weight is 317 g/mol. The minimum Gasteiger partial charge on any atom is -0.491 e. The van der Waals surface area contributed by atoms with Gasteiger partial charge in [0, 0.05) is 13.7 Å². The largest absolute Gasteiger partial charge is 0.491 e. The van der Waals surface area contributed by atoms with E-state index in [4.69, 9.17) is 14.6 Å². The van der Waals surface area contributed by atoms with Gasteiger partial charge in [0.25, 0.3) is 0 Å². The molecule has 1 rings (SSSR count). The summed E-state index contributed by atoms with van der Waals surface area (Å²) in [6.45, 7) is 2.73. The number of benzene rings is 1. The number of likely N-dealkylation sites (N-methyl/N-ethyl adjacent to an activating group) is 1. The highest BCUT2D eigenvalue weighted by Gasteiger charge is 2.22. The minimum absolute atomic E-state index is 0.0170. The van der Waals surface area contributed by atoms with Crippen molar-refractivity contribution in [1.82, 2.24) is 4.31 Å². The Balaban J connectivity index is 2.70. The average Bonchev–Trinajstić information content (AvgIpc) is 2.43. The third kappa shape index (κ3) is 5.33. The SMILES string of the molecule is CCOCCOc1ccc(S(=O)(=O)N(C)CC(=O)O)cc1. The normalized spacial score (nSPS) is 11.6. The maximum atomic E-state index is 12.1. The van der Waals surface area contributed by atoms with E-state index in [9.17, 15) is 13.2 Å². The third-order valence-corrected chi connectivity index (χ3v) is 4.41. The molecule has 8 heteroatoms. The number of aliphatic carboxylic acids is 1. The van der Waals surface area contributed by atoms with Gasteiger partial charge in [-0.25, -0.2) is 8.42 Å². The highest BCUT2D eigenvalue weighted by Crippen LogP contribution is 2.18. The Morgan fingerprint density at radius 2 is 1.86 bits per heavy atom. The zero-order valence-electron chi connectivity index (χ0n) is 12.0. The van der Waals surface area contributed by atoms with E-state index in [1.807, 2.05) is 6.92 Å². The van der Waals surface area contributed by atoms with Gasteiger partial charge in [-0.15, -0.1) is 0 Å². The Morgan fingerprint density at radius 1 is 1.24 bits per heavy atom. The van der Waals surface area contributed by atoms with Crippen LogP contribution in [0, 0.1) is 0 Å². The zero-order valence-corrected chi connectivity index (χ0v) is 12.8. The van der Waals surface area contributed by atoms with Crippen molar-refractivity contribution in [3.8, 4) is 5.75 Å². The molecular weight excluding hydrogens is 298 g/mol. The fraction of sp³-hybridized carbons (Fsp3) is 0.462. The third-order valence-electron chi connectivity index (χ3n) is 2.59. The Bertz CT molecular complexity index is 555. The van der Waals surface area contributed by atoms with Gasteiger partial charge in [0.05, 0.1) is 11.5 Å². The summed E-state index contributed by atoms with van der Waals surface area (Å²) in [6, 6.07) is 5.80. The number of rotatable bonds is 9. The van der Waals surface area contributed by atoms with Crippen molar-refractivity contribution in [2.24, 2.45) is 0 Å². The van der Waals surface area contributed by atoms with Gasteiger partial charge in [-0.3, -0.25) is 4.79 Å². The van der Waals surface area contributed by atoms with Crippen LogP contribution >= 0.6 is 0 Å². The van der Waals surface area contributed by atoms with E-state index in [1.165, 1.54) is 31.3 Å². The van der Waals surface area contributed by atoms with E-state index in [0.29, 0.717) is 25.6 Å². The number of carbonyl (C=O) groups is 1. The first-order valence-corrected chi connectivity index (χ1v) is 7.80. The second-order valence-corrected chi connectivity index (χ2v) is 6.22. The van der Waals surface area contributed by atoms with Crippen LogP contribution in [-0.2, 0) is 19.6 Å². The van der Waals surface area contributed by atoms with Crippen LogP contribution in [0.15, 0.2) is 29.2 Å². The number of nitrogens with zero attached hydrogens (tertiary/aromatic N) is 1. The topological polar surface area (TPSA) is 93.1 Å². The molecule has 1 aromatic carbocycles. The molecule has 0 aromatic heterocycles. The van der Waals surface area contributed by atoms with Crippen LogP contribution in [0.3, 0.4) is 0 Å². The van der Waals surface area contributed by atoms with Crippen LogP contribution in [0.1, 0.15) is 6.92 Å². The molecule has 0 bridgehead atoms. The molecule has 0 aliphatic rings.